The van der Waals surface area contributed by atoms with Crippen LogP contribution in [0.1, 0.15) is 38.8 Å². The Morgan fingerprint density at radius 1 is 1.00 bits per heavy atom. The topological polar surface area (TPSA) is 87.3 Å². The molecule has 3 N–H and O–H groups in total. The van der Waals surface area contributed by atoms with Gasteiger partial charge in [-0.2, -0.15) is 0 Å². The summed E-state index contributed by atoms with van der Waals surface area (Å²) >= 11 is 5.91. The van der Waals surface area contributed by atoms with E-state index in [1.54, 1.807) is 24.3 Å². The lowest BCUT2D eigenvalue weighted by atomic mass is 9.97. The van der Waals surface area contributed by atoms with Gasteiger partial charge in [0.25, 0.3) is 0 Å². The Balaban J connectivity index is 2.12. The van der Waals surface area contributed by atoms with E-state index in [9.17, 15) is 18.8 Å². The van der Waals surface area contributed by atoms with Gasteiger partial charge in [-0.25, -0.2) is 4.39 Å². The summed E-state index contributed by atoms with van der Waals surface area (Å²) in [6.45, 7) is 5.30. The molecule has 2 aromatic rings. The molecule has 29 heavy (non-hydrogen) atoms. The molecule has 0 radical (unpaired) electrons. The minimum Gasteiger partial charge on any atom is -0.341 e. The van der Waals surface area contributed by atoms with Gasteiger partial charge in [0.2, 0.25) is 5.91 Å². The fourth-order valence-electron chi connectivity index (χ4n) is 2.75. The lowest BCUT2D eigenvalue weighted by molar-refractivity contribution is -0.136. The van der Waals surface area contributed by atoms with Gasteiger partial charge in [0, 0.05) is 17.6 Å². The maximum atomic E-state index is 14.0. The van der Waals surface area contributed by atoms with Gasteiger partial charge in [-0.1, -0.05) is 37.6 Å². The summed E-state index contributed by atoms with van der Waals surface area (Å²) < 4.78 is 14.0. The molecule has 0 bridgehead atoms. The van der Waals surface area contributed by atoms with Gasteiger partial charge in [-0.05, 0) is 48.2 Å². The Morgan fingerprint density at radius 3 is 2.24 bits per heavy atom. The zero-order valence-electron chi connectivity index (χ0n) is 16.4. The molecule has 6 nitrogen and oxygen atoms in total. The zero-order valence-corrected chi connectivity index (χ0v) is 17.1. The molecule has 0 unspecified atom stereocenters. The van der Waals surface area contributed by atoms with E-state index >= 15 is 0 Å². The van der Waals surface area contributed by atoms with Gasteiger partial charge in [-0.3, -0.25) is 14.4 Å². The maximum absolute atomic E-state index is 14.0. The van der Waals surface area contributed by atoms with Crippen LogP contribution in [-0.4, -0.2) is 17.7 Å². The summed E-state index contributed by atoms with van der Waals surface area (Å²) in [7, 11) is 0. The fraction of sp³-hybridized carbons (Fsp3) is 0.286. The van der Waals surface area contributed by atoms with Crippen molar-refractivity contribution in [3.63, 3.8) is 0 Å². The second-order valence-electron chi connectivity index (χ2n) is 7.04. The van der Waals surface area contributed by atoms with Crippen LogP contribution >= 0.6 is 11.6 Å². The highest BCUT2D eigenvalue weighted by Gasteiger charge is 2.22. The molecule has 2 rings (SSSR count). The molecule has 1 atom stereocenters. The number of hydrogen-bond donors (Lipinski definition) is 3. The molecule has 0 aliphatic carbocycles. The van der Waals surface area contributed by atoms with Gasteiger partial charge in [0.1, 0.15) is 5.82 Å². The van der Waals surface area contributed by atoms with Crippen LogP contribution in [0.15, 0.2) is 42.5 Å². The van der Waals surface area contributed by atoms with Crippen molar-refractivity contribution in [3.05, 3.63) is 58.9 Å². The lowest BCUT2D eigenvalue weighted by Crippen LogP contribution is -2.38. The first kappa shape index (κ1) is 22.4. The molecule has 3 amide bonds. The van der Waals surface area contributed by atoms with Gasteiger partial charge in [0.15, 0.2) is 0 Å². The maximum Gasteiger partial charge on any atom is 0.313 e. The van der Waals surface area contributed by atoms with E-state index in [0.717, 1.165) is 11.6 Å². The van der Waals surface area contributed by atoms with E-state index in [1.165, 1.54) is 19.1 Å². The Morgan fingerprint density at radius 2 is 1.66 bits per heavy atom. The summed E-state index contributed by atoms with van der Waals surface area (Å²) in [5, 5.41) is 7.98. The van der Waals surface area contributed by atoms with Crippen molar-refractivity contribution < 1.29 is 18.8 Å². The predicted octanol–water partition coefficient (Wildman–Crippen LogP) is 4.28. The average molecular weight is 420 g/mol. The molecule has 0 aliphatic rings. The number of rotatable bonds is 6. The Labute approximate surface area is 173 Å². The summed E-state index contributed by atoms with van der Waals surface area (Å²) in [5.74, 6) is -2.71. The van der Waals surface area contributed by atoms with E-state index in [2.05, 4.69) is 16.0 Å². The van der Waals surface area contributed by atoms with Crippen molar-refractivity contribution in [1.82, 2.24) is 5.32 Å². The van der Waals surface area contributed by atoms with Crippen LogP contribution in [0.4, 0.5) is 15.8 Å². The van der Waals surface area contributed by atoms with Gasteiger partial charge < -0.3 is 16.0 Å². The molecule has 2 aromatic carbocycles. The van der Waals surface area contributed by atoms with Crippen molar-refractivity contribution in [2.45, 2.75) is 33.2 Å². The first-order valence-corrected chi connectivity index (χ1v) is 9.48. The normalized spacial score (nSPS) is 11.7. The highest BCUT2D eigenvalue weighted by atomic mass is 35.5. The van der Waals surface area contributed by atoms with Crippen LogP contribution in [-0.2, 0) is 14.4 Å². The van der Waals surface area contributed by atoms with Crippen LogP contribution in [0.25, 0.3) is 0 Å². The number of halogens is 2. The van der Waals surface area contributed by atoms with E-state index in [1.807, 2.05) is 13.8 Å². The Bertz CT molecular complexity index is 901. The highest BCUT2D eigenvalue weighted by Crippen LogP contribution is 2.23. The van der Waals surface area contributed by atoms with Crippen LogP contribution in [0.5, 0.6) is 0 Å². The van der Waals surface area contributed by atoms with E-state index in [-0.39, 0.29) is 17.5 Å². The van der Waals surface area contributed by atoms with E-state index in [0.29, 0.717) is 17.1 Å². The summed E-state index contributed by atoms with van der Waals surface area (Å²) in [4.78, 5) is 35.9. The third-order valence-corrected chi connectivity index (χ3v) is 4.28. The third-order valence-electron chi connectivity index (χ3n) is 4.03. The second-order valence-corrected chi connectivity index (χ2v) is 7.47. The molecular weight excluding hydrogens is 397 g/mol. The van der Waals surface area contributed by atoms with Crippen molar-refractivity contribution in [3.8, 4) is 0 Å². The third kappa shape index (κ3) is 6.87. The van der Waals surface area contributed by atoms with Crippen LogP contribution in [0.2, 0.25) is 5.02 Å². The Hall–Kier alpha value is -2.93. The van der Waals surface area contributed by atoms with Crippen LogP contribution in [0.3, 0.4) is 0 Å². The van der Waals surface area contributed by atoms with Gasteiger partial charge in [0.05, 0.1) is 11.7 Å². The first-order valence-electron chi connectivity index (χ1n) is 9.10. The predicted molar refractivity (Wildman–Crippen MR) is 111 cm³/mol. The van der Waals surface area contributed by atoms with Crippen molar-refractivity contribution >= 4 is 40.7 Å². The van der Waals surface area contributed by atoms with E-state index in [4.69, 9.17) is 11.6 Å². The summed E-state index contributed by atoms with van der Waals surface area (Å²) in [6, 6.07) is 10.3. The fourth-order valence-corrected chi connectivity index (χ4v) is 2.88. The minimum absolute atomic E-state index is 0.205. The largest absolute Gasteiger partial charge is 0.341 e. The molecule has 0 saturated carbocycles. The standard InChI is InChI=1S/C21H23ClFN3O3/c1-12(2)10-18(14-4-6-15(22)7-5-14)25-20(28)21(29)26-19-11-16(24-13(3)27)8-9-17(19)23/h4-9,11-12,18H,10H2,1-3H3,(H,24,27)(H,25,28)(H,26,29)/t18-/m1/s1. The number of benzene rings is 2. The molecule has 8 heteroatoms. The number of carbonyl (C=O) groups is 3. The van der Waals surface area contributed by atoms with Crippen LogP contribution in [0, 0.1) is 11.7 Å². The molecule has 0 aromatic heterocycles. The molecule has 0 aliphatic heterocycles. The molecule has 0 heterocycles. The highest BCUT2D eigenvalue weighted by molar-refractivity contribution is 6.39. The lowest BCUT2D eigenvalue weighted by Gasteiger charge is -2.21. The SMILES string of the molecule is CC(=O)Nc1ccc(F)c(NC(=O)C(=O)N[C@H](CC(C)C)c2ccc(Cl)cc2)c1. The average Bonchev–Trinajstić information content (AvgIpc) is 2.63. The molecule has 0 saturated heterocycles. The van der Waals surface area contributed by atoms with Crippen LogP contribution < -0.4 is 16.0 Å². The molecular formula is C21H23ClFN3O3. The van der Waals surface area contributed by atoms with Crippen molar-refractivity contribution in [2.75, 3.05) is 10.6 Å². The van der Waals surface area contributed by atoms with Gasteiger partial charge >= 0.3 is 11.8 Å². The molecule has 0 spiro atoms. The molecule has 154 valence electrons. The number of carbonyl (C=O) groups excluding carboxylic acids is 3. The monoisotopic (exact) mass is 419 g/mol. The summed E-state index contributed by atoms with van der Waals surface area (Å²) in [6.07, 6.45) is 0.604. The number of nitrogens with one attached hydrogen (secondary N) is 3. The van der Waals surface area contributed by atoms with Crippen molar-refractivity contribution in [2.24, 2.45) is 5.92 Å². The zero-order chi connectivity index (χ0) is 21.6. The van der Waals surface area contributed by atoms with Crippen molar-refractivity contribution in [1.29, 1.82) is 0 Å². The Kier molecular flexibility index (Phi) is 7.73. The quantitative estimate of drug-likeness (QED) is 0.611. The number of amides is 3. The summed E-state index contributed by atoms with van der Waals surface area (Å²) in [5.41, 5.74) is 0.903. The van der Waals surface area contributed by atoms with E-state index < -0.39 is 23.7 Å². The second kappa shape index (κ2) is 10.0. The van der Waals surface area contributed by atoms with Gasteiger partial charge in [-0.15, -0.1) is 0 Å². The molecule has 0 fully saturated rings. The smallest absolute Gasteiger partial charge is 0.313 e. The number of hydrogen-bond acceptors (Lipinski definition) is 3. The minimum atomic E-state index is -1.01. The first-order chi connectivity index (χ1) is 13.7. The number of anilines is 2.